The zero-order chi connectivity index (χ0) is 13.3. The Balaban J connectivity index is 2.15. The third-order valence-corrected chi connectivity index (χ3v) is 3.91. The molecule has 5 heteroatoms. The molecule has 0 aromatic carbocycles. The van der Waals surface area contributed by atoms with E-state index in [1.165, 1.54) is 0 Å². The first kappa shape index (κ1) is 13.6. The molecule has 0 spiro atoms. The summed E-state index contributed by atoms with van der Waals surface area (Å²) in [4.78, 5) is 12.2. The maximum absolute atomic E-state index is 12.2. The van der Waals surface area contributed by atoms with Gasteiger partial charge < -0.3 is 4.74 Å². The summed E-state index contributed by atoms with van der Waals surface area (Å²) in [5.74, 6) is 0.511. The van der Waals surface area contributed by atoms with Crippen molar-refractivity contribution in [3.8, 4) is 0 Å². The molecule has 1 aromatic heterocycles. The Hall–Kier alpha value is -0.870. The van der Waals surface area contributed by atoms with Gasteiger partial charge >= 0.3 is 0 Å². The van der Waals surface area contributed by atoms with Gasteiger partial charge in [-0.25, -0.2) is 0 Å². The largest absolute Gasteiger partial charge is 0.373 e. The number of rotatable bonds is 6. The van der Waals surface area contributed by atoms with Crippen molar-refractivity contribution in [3.63, 3.8) is 0 Å². The average molecular weight is 271 g/mol. The number of halogens is 1. The van der Waals surface area contributed by atoms with Crippen LogP contribution in [0.2, 0.25) is 5.02 Å². The van der Waals surface area contributed by atoms with Crippen LogP contribution in [0.4, 0.5) is 0 Å². The van der Waals surface area contributed by atoms with Gasteiger partial charge in [0.2, 0.25) is 0 Å². The van der Waals surface area contributed by atoms with E-state index in [9.17, 15) is 4.79 Å². The number of aromatic nitrogens is 2. The van der Waals surface area contributed by atoms with E-state index in [0.717, 1.165) is 30.8 Å². The quantitative estimate of drug-likeness (QED) is 0.797. The topological polar surface area (TPSA) is 44.1 Å². The van der Waals surface area contributed by atoms with Crippen LogP contribution in [0.3, 0.4) is 0 Å². The molecule has 0 radical (unpaired) electrons. The first-order chi connectivity index (χ1) is 8.58. The molecule has 100 valence electrons. The third kappa shape index (κ3) is 2.59. The van der Waals surface area contributed by atoms with Crippen LogP contribution >= 0.6 is 11.6 Å². The van der Waals surface area contributed by atoms with Gasteiger partial charge in [0.1, 0.15) is 6.10 Å². The van der Waals surface area contributed by atoms with E-state index < -0.39 is 0 Å². The third-order valence-electron chi connectivity index (χ3n) is 3.42. The van der Waals surface area contributed by atoms with Crippen LogP contribution in [0, 0.1) is 12.8 Å². The highest BCUT2D eigenvalue weighted by molar-refractivity contribution is 6.32. The van der Waals surface area contributed by atoms with E-state index in [1.807, 2.05) is 13.8 Å². The molecule has 1 fully saturated rings. The molecule has 18 heavy (non-hydrogen) atoms. The fourth-order valence-corrected chi connectivity index (χ4v) is 2.49. The van der Waals surface area contributed by atoms with E-state index in [0.29, 0.717) is 17.4 Å². The molecular weight excluding hydrogens is 252 g/mol. The second-order valence-electron chi connectivity index (χ2n) is 4.80. The van der Waals surface area contributed by atoms with Gasteiger partial charge in [-0.05, 0) is 32.6 Å². The lowest BCUT2D eigenvalue weighted by molar-refractivity contribution is -0.129. The van der Waals surface area contributed by atoms with E-state index >= 15 is 0 Å². The van der Waals surface area contributed by atoms with E-state index in [1.54, 1.807) is 11.8 Å². The van der Waals surface area contributed by atoms with Gasteiger partial charge in [0.15, 0.2) is 5.78 Å². The second-order valence-corrected chi connectivity index (χ2v) is 5.18. The SMILES string of the molecule is CCn1nc(C)c(Cl)c1CC(=O)C(OC)C1CC1. The summed E-state index contributed by atoms with van der Waals surface area (Å²) in [5.41, 5.74) is 1.59. The summed E-state index contributed by atoms with van der Waals surface area (Å²) >= 11 is 6.20. The first-order valence-corrected chi connectivity index (χ1v) is 6.73. The number of carbonyl (C=O) groups is 1. The van der Waals surface area contributed by atoms with Crippen molar-refractivity contribution in [2.45, 2.75) is 45.8 Å². The molecule has 0 bridgehead atoms. The first-order valence-electron chi connectivity index (χ1n) is 6.35. The Bertz CT molecular complexity index is 452. The number of hydrogen-bond donors (Lipinski definition) is 0. The minimum Gasteiger partial charge on any atom is -0.373 e. The monoisotopic (exact) mass is 270 g/mol. The molecule has 1 saturated carbocycles. The van der Waals surface area contributed by atoms with Crippen molar-refractivity contribution >= 4 is 17.4 Å². The van der Waals surface area contributed by atoms with Gasteiger partial charge in [-0.2, -0.15) is 5.10 Å². The Morgan fingerprint density at radius 2 is 2.28 bits per heavy atom. The van der Waals surface area contributed by atoms with Gasteiger partial charge in [-0.1, -0.05) is 11.6 Å². The summed E-state index contributed by atoms with van der Waals surface area (Å²) < 4.78 is 7.11. The fraction of sp³-hybridized carbons (Fsp3) is 0.692. The van der Waals surface area contributed by atoms with E-state index in [-0.39, 0.29) is 11.9 Å². The van der Waals surface area contributed by atoms with Crippen LogP contribution in [-0.2, 0) is 22.5 Å². The molecule has 0 saturated heterocycles. The minimum atomic E-state index is -0.276. The number of aryl methyl sites for hydroxylation is 2. The summed E-state index contributed by atoms with van der Waals surface area (Å²) in [6.45, 7) is 4.57. The molecule has 1 aliphatic rings. The van der Waals surface area contributed by atoms with Crippen LogP contribution in [0.1, 0.15) is 31.2 Å². The number of hydrogen-bond acceptors (Lipinski definition) is 3. The maximum Gasteiger partial charge on any atom is 0.167 e. The molecule has 1 atom stereocenters. The van der Waals surface area contributed by atoms with Crippen molar-refractivity contribution in [1.82, 2.24) is 9.78 Å². The lowest BCUT2D eigenvalue weighted by Gasteiger charge is -2.13. The van der Waals surface area contributed by atoms with Crippen molar-refractivity contribution < 1.29 is 9.53 Å². The lowest BCUT2D eigenvalue weighted by Crippen LogP contribution is -2.27. The summed E-state index contributed by atoms with van der Waals surface area (Å²) in [6.07, 6.45) is 2.21. The molecule has 1 unspecified atom stereocenters. The summed E-state index contributed by atoms with van der Waals surface area (Å²) in [6, 6.07) is 0. The predicted octanol–water partition coefficient (Wildman–Crippen LogP) is 2.40. The van der Waals surface area contributed by atoms with Gasteiger partial charge in [-0.15, -0.1) is 0 Å². The van der Waals surface area contributed by atoms with Gasteiger partial charge in [0.25, 0.3) is 0 Å². The zero-order valence-electron chi connectivity index (χ0n) is 11.1. The maximum atomic E-state index is 12.2. The number of ether oxygens (including phenoxy) is 1. The predicted molar refractivity (Wildman–Crippen MR) is 69.9 cm³/mol. The molecular formula is C13H19ClN2O2. The smallest absolute Gasteiger partial charge is 0.167 e. The van der Waals surface area contributed by atoms with Crippen molar-refractivity contribution in [3.05, 3.63) is 16.4 Å². The number of carbonyl (C=O) groups excluding carboxylic acids is 1. The standard InChI is InChI=1S/C13H19ClN2O2/c1-4-16-10(12(14)8(2)15-16)7-11(17)13(18-3)9-5-6-9/h9,13H,4-7H2,1-3H3. The zero-order valence-corrected chi connectivity index (χ0v) is 11.8. The number of methoxy groups -OCH3 is 1. The molecule has 0 N–H and O–H groups in total. The Morgan fingerprint density at radius 1 is 1.61 bits per heavy atom. The Kier molecular flexibility index (Phi) is 4.07. The molecule has 1 aliphatic carbocycles. The normalized spacial score (nSPS) is 16.9. The van der Waals surface area contributed by atoms with E-state index in [2.05, 4.69) is 5.10 Å². The van der Waals surface area contributed by atoms with Gasteiger partial charge in [0, 0.05) is 13.7 Å². The van der Waals surface area contributed by atoms with Crippen LogP contribution in [-0.4, -0.2) is 28.8 Å². The number of nitrogens with zero attached hydrogens (tertiary/aromatic N) is 2. The number of ketones is 1. The second kappa shape index (κ2) is 5.41. The van der Waals surface area contributed by atoms with E-state index in [4.69, 9.17) is 16.3 Å². The van der Waals surface area contributed by atoms with Crippen LogP contribution < -0.4 is 0 Å². The highest BCUT2D eigenvalue weighted by Gasteiger charge is 2.36. The van der Waals surface area contributed by atoms with Gasteiger partial charge in [0.05, 0.1) is 22.8 Å². The Morgan fingerprint density at radius 3 is 2.78 bits per heavy atom. The molecule has 4 nitrogen and oxygen atoms in total. The molecule has 1 aromatic rings. The van der Waals surface area contributed by atoms with Crippen molar-refractivity contribution in [2.75, 3.05) is 7.11 Å². The molecule has 1 heterocycles. The highest BCUT2D eigenvalue weighted by atomic mass is 35.5. The molecule has 0 aliphatic heterocycles. The van der Waals surface area contributed by atoms with Gasteiger partial charge in [-0.3, -0.25) is 9.48 Å². The summed E-state index contributed by atoms with van der Waals surface area (Å²) in [7, 11) is 1.60. The lowest BCUT2D eigenvalue weighted by atomic mass is 10.1. The van der Waals surface area contributed by atoms with Crippen LogP contribution in [0.5, 0.6) is 0 Å². The summed E-state index contributed by atoms with van der Waals surface area (Å²) in [5, 5.41) is 4.93. The average Bonchev–Trinajstić information content (AvgIpc) is 3.13. The number of Topliss-reactive ketones (excluding diaryl/α,β-unsaturated/α-hetero) is 1. The highest BCUT2D eigenvalue weighted by Crippen LogP contribution is 2.35. The van der Waals surface area contributed by atoms with Crippen LogP contribution in [0.15, 0.2) is 0 Å². The van der Waals surface area contributed by atoms with Crippen molar-refractivity contribution in [1.29, 1.82) is 0 Å². The fourth-order valence-electron chi connectivity index (χ4n) is 2.29. The molecule has 0 amide bonds. The minimum absolute atomic E-state index is 0.108. The van der Waals surface area contributed by atoms with Crippen molar-refractivity contribution in [2.24, 2.45) is 5.92 Å². The van der Waals surface area contributed by atoms with Crippen LogP contribution in [0.25, 0.3) is 0 Å². The molecule has 2 rings (SSSR count). The Labute approximate surface area is 112 Å².